The molecule has 35 heavy (non-hydrogen) atoms. The number of quaternary nitrogens is 1. The Labute approximate surface area is 216 Å². The number of nitrogens with one attached hydrogen (secondary N) is 1. The van der Waals surface area contributed by atoms with Crippen LogP contribution in [0.3, 0.4) is 0 Å². The topological polar surface area (TPSA) is 62.7 Å². The van der Waals surface area contributed by atoms with E-state index in [0.717, 1.165) is 44.2 Å². The van der Waals surface area contributed by atoms with Gasteiger partial charge in [0.15, 0.2) is 14.8 Å². The van der Waals surface area contributed by atoms with E-state index in [-0.39, 0.29) is 5.56 Å². The number of nitrogens with zero attached hydrogens (tertiary/aromatic N) is 3. The van der Waals surface area contributed by atoms with E-state index in [1.54, 1.807) is 23.4 Å². The van der Waals surface area contributed by atoms with Crippen molar-refractivity contribution in [3.05, 3.63) is 74.5 Å². The van der Waals surface area contributed by atoms with Crippen LogP contribution in [0.5, 0.6) is 5.75 Å². The zero-order valence-corrected chi connectivity index (χ0v) is 21.9. The summed E-state index contributed by atoms with van der Waals surface area (Å²) in [5.41, 5.74) is 2.32. The molecule has 1 N–H and O–H groups in total. The van der Waals surface area contributed by atoms with Crippen molar-refractivity contribution in [3.8, 4) is 11.4 Å². The predicted octanol–water partition coefficient (Wildman–Crippen LogP) is 3.04. The first-order valence-electron chi connectivity index (χ1n) is 11.5. The number of ether oxygens (including phenoxy) is 2. The van der Waals surface area contributed by atoms with Gasteiger partial charge in [-0.25, -0.2) is 4.98 Å². The van der Waals surface area contributed by atoms with E-state index < -0.39 is 0 Å². The number of aromatic nitrogens is 3. The molecule has 0 radical (unpaired) electrons. The molecule has 0 aliphatic carbocycles. The van der Waals surface area contributed by atoms with E-state index in [1.165, 1.54) is 16.2 Å². The second kappa shape index (κ2) is 11.0. The van der Waals surface area contributed by atoms with Crippen molar-refractivity contribution in [2.24, 2.45) is 0 Å². The lowest BCUT2D eigenvalue weighted by molar-refractivity contribution is -0.905. The van der Waals surface area contributed by atoms with E-state index in [0.29, 0.717) is 37.4 Å². The van der Waals surface area contributed by atoms with Crippen LogP contribution in [0, 0.1) is 3.95 Å². The van der Waals surface area contributed by atoms with Crippen molar-refractivity contribution in [1.29, 1.82) is 0 Å². The highest BCUT2D eigenvalue weighted by molar-refractivity contribution is 7.99. The van der Waals surface area contributed by atoms with Crippen molar-refractivity contribution in [3.63, 3.8) is 0 Å². The normalized spacial score (nSPS) is 14.4. The molecule has 1 aliphatic rings. The molecule has 3 heterocycles. The Bertz CT molecular complexity index is 1430. The molecule has 1 fully saturated rings. The summed E-state index contributed by atoms with van der Waals surface area (Å²) in [6, 6.07) is 17.7. The Hall–Kier alpha value is -2.50. The van der Waals surface area contributed by atoms with Gasteiger partial charge >= 0.3 is 0 Å². The fraction of sp³-hybridized carbons (Fsp3) is 0.320. The zero-order valence-electron chi connectivity index (χ0n) is 19.4. The smallest absolute Gasteiger partial charge is 0.278 e. The van der Waals surface area contributed by atoms with Crippen molar-refractivity contribution in [2.75, 3.05) is 45.7 Å². The first kappa shape index (κ1) is 24.2. The Morgan fingerprint density at radius 2 is 1.89 bits per heavy atom. The van der Waals surface area contributed by atoms with Gasteiger partial charge in [0.2, 0.25) is 0 Å². The van der Waals surface area contributed by atoms with Crippen LogP contribution in [0.15, 0.2) is 64.5 Å². The van der Waals surface area contributed by atoms with Crippen molar-refractivity contribution in [2.45, 2.75) is 11.7 Å². The molecule has 2 aromatic carbocycles. The van der Waals surface area contributed by atoms with Crippen molar-refractivity contribution >= 4 is 45.7 Å². The molecule has 0 unspecified atom stereocenters. The van der Waals surface area contributed by atoms with Crippen LogP contribution in [-0.4, -0.2) is 59.8 Å². The lowest BCUT2D eigenvalue weighted by Gasteiger charge is -2.23. The Morgan fingerprint density at radius 1 is 1.14 bits per heavy atom. The third-order valence-electron chi connectivity index (χ3n) is 6.05. The molecule has 5 rings (SSSR count). The van der Waals surface area contributed by atoms with E-state index in [1.807, 2.05) is 47.0 Å². The van der Waals surface area contributed by atoms with E-state index in [9.17, 15) is 4.79 Å². The molecule has 182 valence electrons. The largest absolute Gasteiger partial charge is 0.495 e. The van der Waals surface area contributed by atoms with Crippen molar-refractivity contribution in [1.82, 2.24) is 14.1 Å². The minimum absolute atomic E-state index is 0.122. The minimum atomic E-state index is -0.122. The molecule has 0 amide bonds. The Kier molecular flexibility index (Phi) is 7.64. The Morgan fingerprint density at radius 3 is 2.66 bits per heavy atom. The van der Waals surface area contributed by atoms with Gasteiger partial charge in [0.1, 0.15) is 23.5 Å². The summed E-state index contributed by atoms with van der Waals surface area (Å²) in [6.45, 7) is 5.17. The van der Waals surface area contributed by atoms with Crippen LogP contribution in [-0.2, 0) is 11.3 Å². The maximum absolute atomic E-state index is 13.9. The molecule has 7 nitrogen and oxygen atoms in total. The molecule has 1 aliphatic heterocycles. The fourth-order valence-electron chi connectivity index (χ4n) is 4.20. The summed E-state index contributed by atoms with van der Waals surface area (Å²) in [5.74, 6) is 1.47. The van der Waals surface area contributed by atoms with E-state index in [4.69, 9.17) is 26.7 Å². The fourth-order valence-corrected chi connectivity index (χ4v) is 6.50. The summed E-state index contributed by atoms with van der Waals surface area (Å²) in [5, 5.41) is 0.647. The molecule has 1 saturated heterocycles. The van der Waals surface area contributed by atoms with Gasteiger partial charge in [-0.1, -0.05) is 65.6 Å². The molecule has 4 aromatic rings. The molecular weight excluding hydrogens is 501 g/mol. The maximum atomic E-state index is 13.9. The zero-order chi connectivity index (χ0) is 24.2. The lowest BCUT2D eigenvalue weighted by atomic mass is 10.2. The predicted molar refractivity (Wildman–Crippen MR) is 143 cm³/mol. The third kappa shape index (κ3) is 5.22. The minimum Gasteiger partial charge on any atom is -0.495 e. The van der Waals surface area contributed by atoms with Gasteiger partial charge in [0.25, 0.3) is 5.56 Å². The molecule has 0 spiro atoms. The maximum Gasteiger partial charge on any atom is 0.278 e. The van der Waals surface area contributed by atoms with Crippen LogP contribution < -0.4 is 15.2 Å². The van der Waals surface area contributed by atoms with Gasteiger partial charge in [0.05, 0.1) is 44.9 Å². The highest BCUT2D eigenvalue weighted by Crippen LogP contribution is 2.29. The summed E-state index contributed by atoms with van der Waals surface area (Å²) in [4.78, 5) is 20.4. The number of benzene rings is 2. The number of fused-ring (bicyclic) bond motifs is 1. The van der Waals surface area contributed by atoms with Crippen LogP contribution in [0.2, 0.25) is 0 Å². The van der Waals surface area contributed by atoms with E-state index in [2.05, 4.69) is 12.1 Å². The quantitative estimate of drug-likeness (QED) is 0.216. The first-order chi connectivity index (χ1) is 17.2. The van der Waals surface area contributed by atoms with Gasteiger partial charge in [-0.05, 0) is 29.9 Å². The van der Waals surface area contributed by atoms with Crippen molar-refractivity contribution < 1.29 is 14.4 Å². The number of hydrogen-bond donors (Lipinski definition) is 1. The number of hydrogen-bond acceptors (Lipinski definition) is 7. The standard InChI is InChI=1S/C25H26N4O3S3/c1-31-20-10-6-5-9-19(20)29-23(30)21-22(26-24(29)34-16-13-27-11-14-32-15-12-27)28(25(33)35-21)17-18-7-3-2-4-8-18/h2-10H,11-17H2,1H3/p+1. The molecule has 10 heteroatoms. The van der Waals surface area contributed by atoms with Crippen LogP contribution >= 0.6 is 35.3 Å². The highest BCUT2D eigenvalue weighted by atomic mass is 32.2. The summed E-state index contributed by atoms with van der Waals surface area (Å²) >= 11 is 8.60. The van der Waals surface area contributed by atoms with Crippen LogP contribution in [0.25, 0.3) is 16.0 Å². The second-order valence-electron chi connectivity index (χ2n) is 8.26. The van der Waals surface area contributed by atoms with Gasteiger partial charge in [-0.2, -0.15) is 0 Å². The molecule has 0 bridgehead atoms. The molecular formula is C25H27N4O3S3+. The summed E-state index contributed by atoms with van der Waals surface area (Å²) in [6.07, 6.45) is 0. The number of morpholine rings is 1. The average molecular weight is 528 g/mol. The first-order valence-corrected chi connectivity index (χ1v) is 13.7. The Balaban J connectivity index is 1.59. The second-order valence-corrected chi connectivity index (χ2v) is 11.0. The third-order valence-corrected chi connectivity index (χ3v) is 8.42. The van der Waals surface area contributed by atoms with Crippen LogP contribution in [0.1, 0.15) is 5.56 Å². The lowest BCUT2D eigenvalue weighted by Crippen LogP contribution is -3.14. The van der Waals surface area contributed by atoms with E-state index >= 15 is 0 Å². The van der Waals surface area contributed by atoms with Crippen LogP contribution in [0.4, 0.5) is 0 Å². The van der Waals surface area contributed by atoms with Gasteiger partial charge in [-0.15, -0.1) is 0 Å². The van der Waals surface area contributed by atoms with Gasteiger partial charge in [0, 0.05) is 0 Å². The number of thioether (sulfide) groups is 1. The van der Waals surface area contributed by atoms with Gasteiger partial charge < -0.3 is 18.9 Å². The monoisotopic (exact) mass is 527 g/mol. The summed E-state index contributed by atoms with van der Waals surface area (Å²) in [7, 11) is 1.62. The highest BCUT2D eigenvalue weighted by Gasteiger charge is 2.21. The molecule has 2 aromatic heterocycles. The summed E-state index contributed by atoms with van der Waals surface area (Å²) < 4.78 is 15.9. The number of para-hydroxylation sites is 2. The SMILES string of the molecule is COc1ccccc1-n1c(SCC[NH+]2CCOCC2)nc2c(sc(=S)n2Cc2ccccc2)c1=O. The average Bonchev–Trinajstić information content (AvgIpc) is 3.20. The number of rotatable bonds is 8. The number of thiazole rings is 1. The van der Waals surface area contributed by atoms with Gasteiger partial charge in [-0.3, -0.25) is 9.36 Å². The molecule has 0 saturated carbocycles. The molecule has 0 atom stereocenters. The number of methoxy groups -OCH3 is 1.